The number of carboxylic acids is 1. The van der Waals surface area contributed by atoms with E-state index in [4.69, 9.17) is 10.8 Å². The molecule has 1 aromatic rings. The van der Waals surface area contributed by atoms with E-state index in [0.717, 1.165) is 19.3 Å². The van der Waals surface area contributed by atoms with Crippen LogP contribution in [0.1, 0.15) is 29.6 Å². The smallest absolute Gasteiger partial charge is 0.335 e. The Morgan fingerprint density at radius 1 is 1.40 bits per heavy atom. The summed E-state index contributed by atoms with van der Waals surface area (Å²) in [5.41, 5.74) is 6.31. The van der Waals surface area contributed by atoms with Gasteiger partial charge < -0.3 is 16.2 Å². The fraction of sp³-hybridized carbons (Fsp3) is 0.429. The molecule has 1 fully saturated rings. The standard InChI is InChI=1S/C14H17BrN2O3/c15-11-5-4-8(14(19)20)6-12(11)17-13(18)10-3-1-2-9(10)7-16/h4-6,9-10H,1-3,7,16H2,(H,17,18)(H,19,20). The Morgan fingerprint density at radius 3 is 2.80 bits per heavy atom. The first-order valence-electron chi connectivity index (χ1n) is 6.56. The summed E-state index contributed by atoms with van der Waals surface area (Å²) in [5.74, 6) is -0.966. The molecule has 0 bridgehead atoms. The highest BCUT2D eigenvalue weighted by Crippen LogP contribution is 2.33. The normalized spacial score (nSPS) is 21.7. The van der Waals surface area contributed by atoms with Gasteiger partial charge in [0.05, 0.1) is 11.3 Å². The van der Waals surface area contributed by atoms with Crippen LogP contribution in [0.2, 0.25) is 0 Å². The minimum Gasteiger partial charge on any atom is -0.478 e. The second-order valence-electron chi connectivity index (χ2n) is 5.02. The van der Waals surface area contributed by atoms with Gasteiger partial charge in [0.25, 0.3) is 0 Å². The third-order valence-electron chi connectivity index (χ3n) is 3.77. The molecular formula is C14H17BrN2O3. The van der Waals surface area contributed by atoms with Crippen LogP contribution in [0.5, 0.6) is 0 Å². The molecule has 0 radical (unpaired) electrons. The minimum absolute atomic E-state index is 0.0822. The summed E-state index contributed by atoms with van der Waals surface area (Å²) in [4.78, 5) is 23.2. The van der Waals surface area contributed by atoms with E-state index in [-0.39, 0.29) is 23.3 Å². The Kier molecular flexibility index (Phi) is 4.77. The van der Waals surface area contributed by atoms with Crippen molar-refractivity contribution < 1.29 is 14.7 Å². The number of benzene rings is 1. The van der Waals surface area contributed by atoms with Crippen molar-refractivity contribution in [1.82, 2.24) is 0 Å². The molecule has 0 spiro atoms. The highest BCUT2D eigenvalue weighted by atomic mass is 79.9. The number of carbonyl (C=O) groups is 2. The van der Waals surface area contributed by atoms with E-state index in [1.165, 1.54) is 12.1 Å². The van der Waals surface area contributed by atoms with Gasteiger partial charge in [-0.2, -0.15) is 0 Å². The number of carboxylic acid groups (broad SMARTS) is 1. The number of aromatic carboxylic acids is 1. The topological polar surface area (TPSA) is 92.4 Å². The fourth-order valence-electron chi connectivity index (χ4n) is 2.64. The van der Waals surface area contributed by atoms with E-state index in [1.54, 1.807) is 6.07 Å². The molecule has 6 heteroatoms. The molecule has 0 aromatic heterocycles. The van der Waals surface area contributed by atoms with Gasteiger partial charge in [-0.25, -0.2) is 4.79 Å². The molecule has 1 aromatic carbocycles. The number of amides is 1. The molecular weight excluding hydrogens is 324 g/mol. The van der Waals surface area contributed by atoms with Gasteiger partial charge in [-0.15, -0.1) is 0 Å². The molecule has 1 aliphatic carbocycles. The molecule has 0 saturated heterocycles. The zero-order valence-corrected chi connectivity index (χ0v) is 12.5. The number of carbonyl (C=O) groups excluding carboxylic acids is 1. The maximum absolute atomic E-state index is 12.3. The third-order valence-corrected chi connectivity index (χ3v) is 4.46. The lowest BCUT2D eigenvalue weighted by Gasteiger charge is -2.18. The van der Waals surface area contributed by atoms with Crippen LogP contribution in [0.3, 0.4) is 0 Å². The van der Waals surface area contributed by atoms with Gasteiger partial charge in [0.1, 0.15) is 0 Å². The average Bonchev–Trinajstić information content (AvgIpc) is 2.89. The van der Waals surface area contributed by atoms with Gasteiger partial charge in [0, 0.05) is 10.4 Å². The van der Waals surface area contributed by atoms with Gasteiger partial charge in [-0.05, 0) is 59.4 Å². The van der Waals surface area contributed by atoms with Crippen molar-refractivity contribution in [2.75, 3.05) is 11.9 Å². The maximum atomic E-state index is 12.3. The number of nitrogens with one attached hydrogen (secondary N) is 1. The van der Waals surface area contributed by atoms with Crippen LogP contribution in [-0.2, 0) is 4.79 Å². The van der Waals surface area contributed by atoms with Gasteiger partial charge in [0.15, 0.2) is 0 Å². The summed E-state index contributed by atoms with van der Waals surface area (Å²) in [6, 6.07) is 4.56. The predicted octanol–water partition coefficient (Wildman–Crippen LogP) is 2.46. The van der Waals surface area contributed by atoms with Crippen molar-refractivity contribution in [1.29, 1.82) is 0 Å². The van der Waals surface area contributed by atoms with E-state index in [1.807, 2.05) is 0 Å². The Balaban J connectivity index is 2.15. The molecule has 1 amide bonds. The summed E-state index contributed by atoms with van der Waals surface area (Å²) >= 11 is 3.32. The molecule has 2 atom stereocenters. The van der Waals surface area contributed by atoms with E-state index < -0.39 is 5.97 Å². The lowest BCUT2D eigenvalue weighted by atomic mass is 9.95. The van der Waals surface area contributed by atoms with Crippen LogP contribution in [-0.4, -0.2) is 23.5 Å². The Hall–Kier alpha value is -1.40. The quantitative estimate of drug-likeness (QED) is 0.784. The van der Waals surface area contributed by atoms with E-state index in [9.17, 15) is 9.59 Å². The molecule has 2 rings (SSSR count). The van der Waals surface area contributed by atoms with Crippen LogP contribution in [0.15, 0.2) is 22.7 Å². The lowest BCUT2D eigenvalue weighted by Crippen LogP contribution is -2.29. The number of hydrogen-bond donors (Lipinski definition) is 3. The van der Waals surface area contributed by atoms with Crippen molar-refractivity contribution in [3.8, 4) is 0 Å². The first-order chi connectivity index (χ1) is 9.52. The minimum atomic E-state index is -1.02. The van der Waals surface area contributed by atoms with Crippen LogP contribution in [0.4, 0.5) is 5.69 Å². The highest BCUT2D eigenvalue weighted by molar-refractivity contribution is 9.10. The van der Waals surface area contributed by atoms with E-state index >= 15 is 0 Å². The predicted molar refractivity (Wildman–Crippen MR) is 79.6 cm³/mol. The number of halogens is 1. The van der Waals surface area contributed by atoms with Gasteiger partial charge >= 0.3 is 5.97 Å². The molecule has 108 valence electrons. The monoisotopic (exact) mass is 340 g/mol. The molecule has 20 heavy (non-hydrogen) atoms. The van der Waals surface area contributed by atoms with Crippen LogP contribution < -0.4 is 11.1 Å². The number of hydrogen-bond acceptors (Lipinski definition) is 3. The van der Waals surface area contributed by atoms with E-state index in [2.05, 4.69) is 21.2 Å². The van der Waals surface area contributed by atoms with Crippen molar-refractivity contribution in [2.45, 2.75) is 19.3 Å². The SMILES string of the molecule is NCC1CCCC1C(=O)Nc1cc(C(=O)O)ccc1Br. The van der Waals surface area contributed by atoms with Crippen molar-refractivity contribution in [3.63, 3.8) is 0 Å². The van der Waals surface area contributed by atoms with Crippen molar-refractivity contribution in [2.24, 2.45) is 17.6 Å². The first kappa shape index (κ1) is 15.0. The zero-order chi connectivity index (χ0) is 14.7. The number of nitrogens with two attached hydrogens (primary N) is 1. The fourth-order valence-corrected chi connectivity index (χ4v) is 2.99. The van der Waals surface area contributed by atoms with Crippen LogP contribution in [0.25, 0.3) is 0 Å². The van der Waals surface area contributed by atoms with Crippen molar-refractivity contribution in [3.05, 3.63) is 28.2 Å². The zero-order valence-electron chi connectivity index (χ0n) is 10.9. The molecule has 1 aliphatic rings. The van der Waals surface area contributed by atoms with Crippen LogP contribution in [0, 0.1) is 11.8 Å². The summed E-state index contributed by atoms with van der Waals surface area (Å²) in [6.07, 6.45) is 2.82. The van der Waals surface area contributed by atoms with Gasteiger partial charge in [-0.1, -0.05) is 6.42 Å². The lowest BCUT2D eigenvalue weighted by molar-refractivity contribution is -0.120. The summed E-state index contributed by atoms with van der Waals surface area (Å²) in [5, 5.41) is 11.8. The molecule has 5 nitrogen and oxygen atoms in total. The Bertz CT molecular complexity index is 533. The van der Waals surface area contributed by atoms with Crippen molar-refractivity contribution >= 4 is 33.5 Å². The summed E-state index contributed by atoms with van der Waals surface area (Å²) < 4.78 is 0.665. The summed E-state index contributed by atoms with van der Waals surface area (Å²) in [6.45, 7) is 0.508. The average molecular weight is 341 g/mol. The summed E-state index contributed by atoms with van der Waals surface area (Å²) in [7, 11) is 0. The Morgan fingerprint density at radius 2 is 2.15 bits per heavy atom. The maximum Gasteiger partial charge on any atom is 0.335 e. The molecule has 0 aliphatic heterocycles. The Labute approximate surface area is 125 Å². The highest BCUT2D eigenvalue weighted by Gasteiger charge is 2.32. The molecule has 1 saturated carbocycles. The second-order valence-corrected chi connectivity index (χ2v) is 5.88. The second kappa shape index (κ2) is 6.37. The number of anilines is 1. The largest absolute Gasteiger partial charge is 0.478 e. The molecule has 4 N–H and O–H groups in total. The molecule has 2 unspecified atom stereocenters. The van der Waals surface area contributed by atoms with Gasteiger partial charge in [-0.3, -0.25) is 4.79 Å². The first-order valence-corrected chi connectivity index (χ1v) is 7.36. The van der Waals surface area contributed by atoms with Gasteiger partial charge in [0.2, 0.25) is 5.91 Å². The van der Waals surface area contributed by atoms with Crippen LogP contribution >= 0.6 is 15.9 Å². The number of rotatable bonds is 4. The third kappa shape index (κ3) is 3.19. The molecule has 0 heterocycles. The van der Waals surface area contributed by atoms with E-state index in [0.29, 0.717) is 16.7 Å².